The van der Waals surface area contributed by atoms with Gasteiger partial charge in [-0.2, -0.15) is 5.26 Å². The molecule has 116 valence electrons. The first kappa shape index (κ1) is 15.2. The third-order valence-corrected chi connectivity index (χ3v) is 4.98. The van der Waals surface area contributed by atoms with Gasteiger partial charge in [-0.25, -0.2) is 0 Å². The number of rotatable bonds is 3. The fourth-order valence-corrected chi connectivity index (χ4v) is 3.98. The van der Waals surface area contributed by atoms with Gasteiger partial charge in [-0.1, -0.05) is 0 Å². The van der Waals surface area contributed by atoms with Crippen molar-refractivity contribution in [3.05, 3.63) is 51.5 Å². The summed E-state index contributed by atoms with van der Waals surface area (Å²) >= 11 is 1.31. The summed E-state index contributed by atoms with van der Waals surface area (Å²) in [6.07, 6.45) is 4.01. The van der Waals surface area contributed by atoms with Crippen molar-refractivity contribution < 1.29 is 9.59 Å². The SMILES string of the molecule is N#Cc1csc2c1CCN(C(=O)Cc1ccncc1)C2C(N)=O. The summed E-state index contributed by atoms with van der Waals surface area (Å²) in [5.41, 5.74) is 7.78. The summed E-state index contributed by atoms with van der Waals surface area (Å²) in [5, 5.41) is 10.9. The van der Waals surface area contributed by atoms with E-state index in [-0.39, 0.29) is 12.3 Å². The number of carbonyl (C=O) groups is 2. The number of carbonyl (C=O) groups excluding carboxylic acids is 2. The lowest BCUT2D eigenvalue weighted by atomic mass is 9.97. The lowest BCUT2D eigenvalue weighted by Crippen LogP contribution is -2.45. The van der Waals surface area contributed by atoms with E-state index >= 15 is 0 Å². The number of pyridine rings is 1. The fraction of sp³-hybridized carbons (Fsp3) is 0.250. The number of thiophene rings is 1. The lowest BCUT2D eigenvalue weighted by Gasteiger charge is -2.34. The molecular formula is C16H14N4O2S. The van der Waals surface area contributed by atoms with Gasteiger partial charge in [0.25, 0.3) is 0 Å². The van der Waals surface area contributed by atoms with Crippen LogP contribution in [0.15, 0.2) is 29.9 Å². The van der Waals surface area contributed by atoms with E-state index in [1.54, 1.807) is 29.9 Å². The minimum absolute atomic E-state index is 0.155. The minimum atomic E-state index is -0.791. The van der Waals surface area contributed by atoms with Crippen LogP contribution in [0.4, 0.5) is 0 Å². The van der Waals surface area contributed by atoms with Crippen LogP contribution in [-0.2, 0) is 22.4 Å². The number of fused-ring (bicyclic) bond motifs is 1. The van der Waals surface area contributed by atoms with Gasteiger partial charge in [0.05, 0.1) is 12.0 Å². The van der Waals surface area contributed by atoms with E-state index in [4.69, 9.17) is 11.0 Å². The number of nitrogens with two attached hydrogens (primary N) is 1. The van der Waals surface area contributed by atoms with Gasteiger partial charge in [0.1, 0.15) is 12.1 Å². The summed E-state index contributed by atoms with van der Waals surface area (Å²) in [6.45, 7) is 0.385. The van der Waals surface area contributed by atoms with E-state index in [0.717, 1.165) is 11.1 Å². The van der Waals surface area contributed by atoms with Crippen LogP contribution in [-0.4, -0.2) is 28.2 Å². The Morgan fingerprint density at radius 3 is 2.83 bits per heavy atom. The Morgan fingerprint density at radius 2 is 2.17 bits per heavy atom. The molecule has 3 heterocycles. The number of primary amides is 1. The highest BCUT2D eigenvalue weighted by atomic mass is 32.1. The smallest absolute Gasteiger partial charge is 0.245 e. The molecule has 1 unspecified atom stereocenters. The van der Waals surface area contributed by atoms with E-state index in [9.17, 15) is 9.59 Å². The van der Waals surface area contributed by atoms with Crippen molar-refractivity contribution in [2.75, 3.05) is 6.54 Å². The molecule has 0 aromatic carbocycles. The average molecular weight is 326 g/mol. The molecule has 7 heteroatoms. The maximum absolute atomic E-state index is 12.6. The Labute approximate surface area is 137 Å². The first-order valence-electron chi connectivity index (χ1n) is 7.10. The molecular weight excluding hydrogens is 312 g/mol. The van der Waals surface area contributed by atoms with Crippen LogP contribution in [0.5, 0.6) is 0 Å². The Kier molecular flexibility index (Phi) is 4.08. The predicted molar refractivity (Wildman–Crippen MR) is 84.3 cm³/mol. The molecule has 0 saturated heterocycles. The summed E-state index contributed by atoms with van der Waals surface area (Å²) < 4.78 is 0. The molecule has 3 rings (SSSR count). The topological polar surface area (TPSA) is 100 Å². The number of hydrogen-bond donors (Lipinski definition) is 1. The van der Waals surface area contributed by atoms with E-state index in [0.29, 0.717) is 23.4 Å². The average Bonchev–Trinajstić information content (AvgIpc) is 2.97. The molecule has 2 N–H and O–H groups in total. The van der Waals surface area contributed by atoms with Gasteiger partial charge in [0.2, 0.25) is 11.8 Å². The Balaban J connectivity index is 1.89. The minimum Gasteiger partial charge on any atom is -0.368 e. The van der Waals surface area contributed by atoms with Crippen LogP contribution in [0.25, 0.3) is 0 Å². The highest BCUT2D eigenvalue weighted by Gasteiger charge is 2.36. The molecule has 0 aliphatic carbocycles. The summed E-state index contributed by atoms with van der Waals surface area (Å²) in [5.74, 6) is -0.724. The molecule has 0 saturated carbocycles. The van der Waals surface area contributed by atoms with Crippen LogP contribution in [0.3, 0.4) is 0 Å². The van der Waals surface area contributed by atoms with Gasteiger partial charge < -0.3 is 10.6 Å². The lowest BCUT2D eigenvalue weighted by molar-refractivity contribution is -0.139. The molecule has 2 amide bonds. The van der Waals surface area contributed by atoms with Crippen molar-refractivity contribution >= 4 is 23.2 Å². The Bertz CT molecular complexity index is 794. The number of nitrogens with zero attached hydrogens (tertiary/aromatic N) is 3. The van der Waals surface area contributed by atoms with Crippen LogP contribution >= 0.6 is 11.3 Å². The predicted octanol–water partition coefficient (Wildman–Crippen LogP) is 1.17. The second-order valence-electron chi connectivity index (χ2n) is 5.28. The largest absolute Gasteiger partial charge is 0.368 e. The molecule has 1 atom stereocenters. The maximum atomic E-state index is 12.6. The van der Waals surface area contributed by atoms with Crippen LogP contribution in [0, 0.1) is 11.3 Å². The van der Waals surface area contributed by atoms with Gasteiger partial charge >= 0.3 is 0 Å². The quantitative estimate of drug-likeness (QED) is 0.915. The monoisotopic (exact) mass is 326 g/mol. The van der Waals surface area contributed by atoms with Gasteiger partial charge in [-0.15, -0.1) is 11.3 Å². The van der Waals surface area contributed by atoms with Crippen LogP contribution in [0.2, 0.25) is 0 Å². The van der Waals surface area contributed by atoms with Gasteiger partial charge in [0.15, 0.2) is 0 Å². The van der Waals surface area contributed by atoms with E-state index in [1.807, 2.05) is 0 Å². The normalized spacial score (nSPS) is 16.5. The van der Waals surface area contributed by atoms with Crippen molar-refractivity contribution in [2.24, 2.45) is 5.73 Å². The molecule has 0 bridgehead atoms. The number of nitriles is 1. The molecule has 1 aliphatic rings. The highest BCUT2D eigenvalue weighted by Crippen LogP contribution is 2.36. The van der Waals surface area contributed by atoms with E-state index < -0.39 is 11.9 Å². The second-order valence-corrected chi connectivity index (χ2v) is 6.19. The zero-order valence-electron chi connectivity index (χ0n) is 12.2. The third kappa shape index (κ3) is 2.81. The number of amides is 2. The maximum Gasteiger partial charge on any atom is 0.245 e. The van der Waals surface area contributed by atoms with Crippen LogP contribution in [0.1, 0.15) is 27.6 Å². The number of hydrogen-bond acceptors (Lipinski definition) is 5. The third-order valence-electron chi connectivity index (χ3n) is 3.90. The second kappa shape index (κ2) is 6.18. The molecule has 6 nitrogen and oxygen atoms in total. The molecule has 1 aliphatic heterocycles. The fourth-order valence-electron chi connectivity index (χ4n) is 2.81. The van der Waals surface area contributed by atoms with Crippen molar-refractivity contribution in [1.82, 2.24) is 9.88 Å². The molecule has 2 aromatic heterocycles. The van der Waals surface area contributed by atoms with Crippen molar-refractivity contribution in [3.63, 3.8) is 0 Å². The standard InChI is InChI=1S/C16H14N4O2S/c17-8-11-9-23-15-12(11)3-6-20(14(15)16(18)22)13(21)7-10-1-4-19-5-2-10/h1-2,4-5,9,14H,3,6-7H2,(H2,18,22). The number of aromatic nitrogens is 1. The van der Waals surface area contributed by atoms with Gasteiger partial charge in [-0.05, 0) is 29.7 Å². The zero-order chi connectivity index (χ0) is 16.4. The summed E-state index contributed by atoms with van der Waals surface area (Å²) in [4.78, 5) is 30.7. The molecule has 0 radical (unpaired) electrons. The van der Waals surface area contributed by atoms with Crippen molar-refractivity contribution in [1.29, 1.82) is 5.26 Å². The molecule has 23 heavy (non-hydrogen) atoms. The Hall–Kier alpha value is -2.72. The Morgan fingerprint density at radius 1 is 1.43 bits per heavy atom. The highest BCUT2D eigenvalue weighted by molar-refractivity contribution is 7.10. The van der Waals surface area contributed by atoms with E-state index in [2.05, 4.69) is 11.1 Å². The molecule has 0 spiro atoms. The van der Waals surface area contributed by atoms with Gasteiger partial charge in [-0.3, -0.25) is 14.6 Å². The van der Waals surface area contributed by atoms with Crippen molar-refractivity contribution in [2.45, 2.75) is 18.9 Å². The summed E-state index contributed by atoms with van der Waals surface area (Å²) in [7, 11) is 0. The molecule has 2 aromatic rings. The summed E-state index contributed by atoms with van der Waals surface area (Å²) in [6, 6.07) is 4.87. The first-order valence-corrected chi connectivity index (χ1v) is 7.98. The zero-order valence-corrected chi connectivity index (χ0v) is 13.0. The first-order chi connectivity index (χ1) is 11.1. The molecule has 0 fully saturated rings. The van der Waals surface area contributed by atoms with Crippen molar-refractivity contribution in [3.8, 4) is 6.07 Å². The van der Waals surface area contributed by atoms with E-state index in [1.165, 1.54) is 16.2 Å². The van der Waals surface area contributed by atoms with Crippen LogP contribution < -0.4 is 5.73 Å². The van der Waals surface area contributed by atoms with Gasteiger partial charge in [0, 0.05) is 29.2 Å².